The number of hydrogen-bond donors (Lipinski definition) is 3. The lowest BCUT2D eigenvalue weighted by Crippen LogP contribution is -2.27. The Bertz CT molecular complexity index is 813. The van der Waals surface area contributed by atoms with Gasteiger partial charge in [-0.1, -0.05) is 39.8 Å². The first-order chi connectivity index (χ1) is 13.3. The van der Waals surface area contributed by atoms with Crippen molar-refractivity contribution in [2.45, 2.75) is 34.1 Å². The Morgan fingerprint density at radius 3 is 2.25 bits per heavy atom. The van der Waals surface area contributed by atoms with Gasteiger partial charge in [0.1, 0.15) is 5.75 Å². The lowest BCUT2D eigenvalue weighted by atomic mass is 9.95. The highest BCUT2D eigenvalue weighted by Gasteiger charge is 2.21. The normalized spacial score (nSPS) is 10.9. The molecular weight excluding hydrogens is 354 g/mol. The van der Waals surface area contributed by atoms with Crippen LogP contribution in [0, 0.1) is 5.41 Å². The van der Waals surface area contributed by atoms with Gasteiger partial charge in [0.15, 0.2) is 0 Å². The third-order valence-electron chi connectivity index (χ3n) is 3.85. The lowest BCUT2D eigenvalue weighted by molar-refractivity contribution is -0.123. The number of amides is 2. The fourth-order valence-corrected chi connectivity index (χ4v) is 2.30. The summed E-state index contributed by atoms with van der Waals surface area (Å²) < 4.78 is 5.59. The maximum Gasteiger partial charge on any atom is 0.243 e. The van der Waals surface area contributed by atoms with E-state index in [9.17, 15) is 9.59 Å². The molecule has 2 amide bonds. The molecule has 6 nitrogen and oxygen atoms in total. The molecule has 0 aliphatic carbocycles. The van der Waals surface area contributed by atoms with Crippen LogP contribution in [0.25, 0.3) is 0 Å². The van der Waals surface area contributed by atoms with Crippen LogP contribution in [0.1, 0.15) is 34.1 Å². The third kappa shape index (κ3) is 6.95. The van der Waals surface area contributed by atoms with Crippen molar-refractivity contribution in [2.75, 3.05) is 29.1 Å². The molecule has 0 aliphatic rings. The summed E-state index contributed by atoms with van der Waals surface area (Å²) in [4.78, 5) is 24.3. The van der Waals surface area contributed by atoms with Crippen molar-refractivity contribution in [2.24, 2.45) is 5.41 Å². The van der Waals surface area contributed by atoms with Gasteiger partial charge in [-0.25, -0.2) is 0 Å². The molecule has 150 valence electrons. The zero-order valence-electron chi connectivity index (χ0n) is 17.0. The Hall–Kier alpha value is -3.02. The number of benzene rings is 2. The zero-order chi connectivity index (χ0) is 20.6. The molecule has 0 atom stereocenters. The first-order valence-electron chi connectivity index (χ1n) is 9.46. The molecule has 0 saturated carbocycles. The molecule has 0 unspecified atom stereocenters. The van der Waals surface area contributed by atoms with E-state index in [0.29, 0.717) is 18.0 Å². The van der Waals surface area contributed by atoms with E-state index in [0.717, 1.165) is 17.9 Å². The Kier molecular flexibility index (Phi) is 7.44. The zero-order valence-corrected chi connectivity index (χ0v) is 17.0. The molecule has 0 saturated heterocycles. The number of anilines is 3. The second kappa shape index (κ2) is 9.78. The second-order valence-corrected chi connectivity index (χ2v) is 7.56. The van der Waals surface area contributed by atoms with Crippen molar-refractivity contribution >= 4 is 28.9 Å². The van der Waals surface area contributed by atoms with Gasteiger partial charge in [0.05, 0.1) is 13.2 Å². The maximum atomic E-state index is 12.2. The fraction of sp³-hybridized carbons (Fsp3) is 0.364. The predicted octanol–water partition coefficient (Wildman–Crippen LogP) is 4.51. The molecule has 28 heavy (non-hydrogen) atoms. The monoisotopic (exact) mass is 383 g/mol. The average molecular weight is 383 g/mol. The fourth-order valence-electron chi connectivity index (χ4n) is 2.30. The van der Waals surface area contributed by atoms with Gasteiger partial charge < -0.3 is 20.7 Å². The molecule has 3 N–H and O–H groups in total. The van der Waals surface area contributed by atoms with Crippen LogP contribution in [0.3, 0.4) is 0 Å². The summed E-state index contributed by atoms with van der Waals surface area (Å²) in [6.45, 7) is 8.38. The summed E-state index contributed by atoms with van der Waals surface area (Å²) in [5.74, 6) is 0.511. The molecule has 0 aromatic heterocycles. The first-order valence-corrected chi connectivity index (χ1v) is 9.46. The highest BCUT2D eigenvalue weighted by molar-refractivity contribution is 5.97. The maximum absolute atomic E-state index is 12.2. The van der Waals surface area contributed by atoms with Crippen molar-refractivity contribution in [3.8, 4) is 5.75 Å². The van der Waals surface area contributed by atoms with Crippen molar-refractivity contribution in [3.63, 3.8) is 0 Å². The second-order valence-electron chi connectivity index (χ2n) is 7.56. The number of hydrogen-bond acceptors (Lipinski definition) is 4. The van der Waals surface area contributed by atoms with Crippen LogP contribution in [0.5, 0.6) is 5.75 Å². The van der Waals surface area contributed by atoms with E-state index in [2.05, 4.69) is 22.9 Å². The number of carbonyl (C=O) groups excluding carboxylic acids is 2. The quantitative estimate of drug-likeness (QED) is 0.627. The van der Waals surface area contributed by atoms with Crippen LogP contribution in [-0.4, -0.2) is 25.0 Å². The summed E-state index contributed by atoms with van der Waals surface area (Å²) in [7, 11) is 0. The molecule has 0 heterocycles. The van der Waals surface area contributed by atoms with E-state index >= 15 is 0 Å². The molecule has 0 radical (unpaired) electrons. The predicted molar refractivity (Wildman–Crippen MR) is 114 cm³/mol. The highest BCUT2D eigenvalue weighted by Crippen LogP contribution is 2.20. The first kappa shape index (κ1) is 21.3. The molecular formula is C22H29N3O3. The van der Waals surface area contributed by atoms with Gasteiger partial charge in [-0.3, -0.25) is 9.59 Å². The topological polar surface area (TPSA) is 79.5 Å². The van der Waals surface area contributed by atoms with Crippen LogP contribution in [-0.2, 0) is 9.59 Å². The summed E-state index contributed by atoms with van der Waals surface area (Å²) >= 11 is 0. The minimum atomic E-state index is -0.488. The van der Waals surface area contributed by atoms with Crippen LogP contribution in [0.2, 0.25) is 0 Å². The molecule has 0 fully saturated rings. The summed E-state index contributed by atoms with van der Waals surface area (Å²) in [6, 6.07) is 14.6. The summed E-state index contributed by atoms with van der Waals surface area (Å²) in [5.41, 5.74) is 1.60. The number of nitrogens with one attached hydrogen (secondary N) is 3. The molecule has 0 aliphatic heterocycles. The summed E-state index contributed by atoms with van der Waals surface area (Å²) in [6.07, 6.45) is 0.940. The number of rotatable bonds is 8. The Morgan fingerprint density at radius 1 is 0.929 bits per heavy atom. The van der Waals surface area contributed by atoms with Crippen molar-refractivity contribution in [1.82, 2.24) is 0 Å². The van der Waals surface area contributed by atoms with E-state index in [-0.39, 0.29) is 18.4 Å². The van der Waals surface area contributed by atoms with Gasteiger partial charge in [0.25, 0.3) is 0 Å². The van der Waals surface area contributed by atoms with Gasteiger partial charge in [0.2, 0.25) is 11.8 Å². The molecule has 2 aromatic rings. The molecule has 2 aromatic carbocycles. The van der Waals surface area contributed by atoms with Gasteiger partial charge in [-0.2, -0.15) is 0 Å². The highest BCUT2D eigenvalue weighted by atomic mass is 16.5. The minimum absolute atomic E-state index is 0.0807. The SMILES string of the molecule is CCCOc1cccc(NCC(=O)Nc2cccc(NC(=O)C(C)(C)C)c2)c1. The molecule has 0 spiro atoms. The van der Waals surface area contributed by atoms with E-state index in [1.807, 2.05) is 45.0 Å². The third-order valence-corrected chi connectivity index (χ3v) is 3.85. The van der Waals surface area contributed by atoms with Crippen molar-refractivity contribution in [1.29, 1.82) is 0 Å². The smallest absolute Gasteiger partial charge is 0.243 e. The number of ether oxygens (including phenoxy) is 1. The van der Waals surface area contributed by atoms with Crippen LogP contribution in [0.15, 0.2) is 48.5 Å². The Morgan fingerprint density at radius 2 is 1.57 bits per heavy atom. The molecule has 0 bridgehead atoms. The minimum Gasteiger partial charge on any atom is -0.494 e. The molecule has 2 rings (SSSR count). The van der Waals surface area contributed by atoms with E-state index in [1.54, 1.807) is 24.3 Å². The molecule has 6 heteroatoms. The lowest BCUT2D eigenvalue weighted by Gasteiger charge is -2.18. The van der Waals surface area contributed by atoms with Gasteiger partial charge in [-0.15, -0.1) is 0 Å². The van der Waals surface area contributed by atoms with Gasteiger partial charge in [0, 0.05) is 28.5 Å². The number of carbonyl (C=O) groups is 2. The van der Waals surface area contributed by atoms with E-state index < -0.39 is 5.41 Å². The van der Waals surface area contributed by atoms with E-state index in [1.165, 1.54) is 0 Å². The standard InChI is InChI=1S/C22H29N3O3/c1-5-12-28-19-11-7-8-16(14-19)23-15-20(26)24-17-9-6-10-18(13-17)25-21(27)22(2,3)4/h6-11,13-14,23H,5,12,15H2,1-4H3,(H,24,26)(H,25,27). The largest absolute Gasteiger partial charge is 0.494 e. The van der Waals surface area contributed by atoms with Crippen LogP contribution in [0.4, 0.5) is 17.1 Å². The Labute approximate surface area is 166 Å². The Balaban J connectivity index is 1.89. The van der Waals surface area contributed by atoms with Crippen molar-refractivity contribution < 1.29 is 14.3 Å². The van der Waals surface area contributed by atoms with Gasteiger partial charge >= 0.3 is 0 Å². The average Bonchev–Trinajstić information content (AvgIpc) is 2.64. The summed E-state index contributed by atoms with van der Waals surface area (Å²) in [5, 5.41) is 8.77. The van der Waals surface area contributed by atoms with Gasteiger partial charge in [-0.05, 0) is 36.8 Å². The van der Waals surface area contributed by atoms with Crippen molar-refractivity contribution in [3.05, 3.63) is 48.5 Å². The van der Waals surface area contributed by atoms with E-state index in [4.69, 9.17) is 4.74 Å². The van der Waals surface area contributed by atoms with Crippen LogP contribution < -0.4 is 20.7 Å². The van der Waals surface area contributed by atoms with Crippen LogP contribution >= 0.6 is 0 Å².